The summed E-state index contributed by atoms with van der Waals surface area (Å²) < 4.78 is 38.8. The Labute approximate surface area is 131 Å². The first-order valence-corrected chi connectivity index (χ1v) is 8.04. The van der Waals surface area contributed by atoms with Gasteiger partial charge in [-0.25, -0.2) is 0 Å². The molecule has 0 heterocycles. The van der Waals surface area contributed by atoms with Gasteiger partial charge in [-0.15, -0.1) is 0 Å². The summed E-state index contributed by atoms with van der Waals surface area (Å²) in [6.45, 7) is 4.33. The van der Waals surface area contributed by atoms with Gasteiger partial charge in [-0.3, -0.25) is 0 Å². The molecule has 1 aromatic carbocycles. The maximum absolute atomic E-state index is 12.9. The molecule has 1 nitrogen and oxygen atoms in total. The molecular formula is C16H20BrF3O. The summed E-state index contributed by atoms with van der Waals surface area (Å²) in [5.41, 5.74) is -0.367. The van der Waals surface area contributed by atoms with Crippen molar-refractivity contribution in [2.24, 2.45) is 17.8 Å². The third-order valence-corrected chi connectivity index (χ3v) is 5.41. The third kappa shape index (κ3) is 3.81. The van der Waals surface area contributed by atoms with E-state index >= 15 is 0 Å². The fourth-order valence-corrected chi connectivity index (χ4v) is 3.56. The predicted molar refractivity (Wildman–Crippen MR) is 79.8 cm³/mol. The quantitative estimate of drug-likeness (QED) is 0.726. The Morgan fingerprint density at radius 1 is 1.19 bits per heavy atom. The van der Waals surface area contributed by atoms with E-state index in [1.807, 2.05) is 0 Å². The second-order valence-corrected chi connectivity index (χ2v) is 7.06. The molecule has 2 rings (SSSR count). The number of rotatable bonds is 2. The van der Waals surface area contributed by atoms with Crippen molar-refractivity contribution >= 4 is 15.9 Å². The summed E-state index contributed by atoms with van der Waals surface area (Å²) in [5, 5.41) is 10.4. The lowest BCUT2D eigenvalue weighted by Gasteiger charge is -2.35. The Balaban J connectivity index is 2.22. The summed E-state index contributed by atoms with van der Waals surface area (Å²) in [4.78, 5) is 0. The van der Waals surface area contributed by atoms with E-state index in [2.05, 4.69) is 29.8 Å². The van der Waals surface area contributed by atoms with Gasteiger partial charge in [0.1, 0.15) is 0 Å². The van der Waals surface area contributed by atoms with Crippen molar-refractivity contribution in [1.29, 1.82) is 0 Å². The van der Waals surface area contributed by atoms with Crippen LogP contribution >= 0.6 is 15.9 Å². The number of aliphatic hydroxyl groups excluding tert-OH is 1. The maximum atomic E-state index is 12.9. The van der Waals surface area contributed by atoms with Gasteiger partial charge in [0, 0.05) is 4.47 Å². The smallest absolute Gasteiger partial charge is 0.388 e. The summed E-state index contributed by atoms with van der Waals surface area (Å²) in [7, 11) is 0. The molecule has 1 aromatic rings. The van der Waals surface area contributed by atoms with Crippen LogP contribution in [0.25, 0.3) is 0 Å². The van der Waals surface area contributed by atoms with Gasteiger partial charge in [-0.1, -0.05) is 42.3 Å². The lowest BCUT2D eigenvalue weighted by molar-refractivity contribution is -0.138. The maximum Gasteiger partial charge on any atom is 0.417 e. The highest BCUT2D eigenvalue weighted by molar-refractivity contribution is 9.10. The minimum atomic E-state index is -4.41. The number of halogens is 4. The van der Waals surface area contributed by atoms with E-state index in [4.69, 9.17) is 0 Å². The van der Waals surface area contributed by atoms with Crippen LogP contribution in [0.2, 0.25) is 0 Å². The van der Waals surface area contributed by atoms with Gasteiger partial charge < -0.3 is 5.11 Å². The third-order valence-electron chi connectivity index (χ3n) is 4.72. The molecular weight excluding hydrogens is 345 g/mol. The highest BCUT2D eigenvalue weighted by Gasteiger charge is 2.35. The van der Waals surface area contributed by atoms with Crippen LogP contribution in [0.3, 0.4) is 0 Å². The lowest BCUT2D eigenvalue weighted by Crippen LogP contribution is -2.25. The minimum absolute atomic E-state index is 0.0107. The molecule has 5 heteroatoms. The van der Waals surface area contributed by atoms with Crippen molar-refractivity contribution in [3.8, 4) is 0 Å². The Morgan fingerprint density at radius 3 is 2.43 bits per heavy atom. The van der Waals surface area contributed by atoms with Crippen LogP contribution in [0.15, 0.2) is 22.7 Å². The number of aliphatic hydroxyl groups is 1. The van der Waals surface area contributed by atoms with E-state index in [9.17, 15) is 18.3 Å². The van der Waals surface area contributed by atoms with Crippen molar-refractivity contribution in [1.82, 2.24) is 0 Å². The molecule has 1 fully saturated rings. The highest BCUT2D eigenvalue weighted by atomic mass is 79.9. The average molecular weight is 365 g/mol. The lowest BCUT2D eigenvalue weighted by atomic mass is 9.73. The number of benzene rings is 1. The molecule has 1 N–H and O–H groups in total. The zero-order valence-corrected chi connectivity index (χ0v) is 13.7. The van der Waals surface area contributed by atoms with Crippen LogP contribution < -0.4 is 0 Å². The topological polar surface area (TPSA) is 20.2 Å². The molecule has 118 valence electrons. The highest BCUT2D eigenvalue weighted by Crippen LogP contribution is 2.42. The van der Waals surface area contributed by atoms with Crippen LogP contribution in [0.1, 0.15) is 50.3 Å². The molecule has 0 radical (unpaired) electrons. The van der Waals surface area contributed by atoms with E-state index in [0.29, 0.717) is 17.4 Å². The largest absolute Gasteiger partial charge is 0.417 e. The van der Waals surface area contributed by atoms with Gasteiger partial charge in [0.15, 0.2) is 0 Å². The molecule has 1 aliphatic rings. The van der Waals surface area contributed by atoms with Gasteiger partial charge in [-0.2, -0.15) is 13.2 Å². The van der Waals surface area contributed by atoms with Crippen LogP contribution in [0.4, 0.5) is 13.2 Å². The molecule has 0 aromatic heterocycles. The van der Waals surface area contributed by atoms with E-state index in [0.717, 1.165) is 25.3 Å². The average Bonchev–Trinajstić information content (AvgIpc) is 2.40. The second kappa shape index (κ2) is 6.29. The van der Waals surface area contributed by atoms with E-state index in [-0.39, 0.29) is 10.4 Å². The normalized spacial score (nSPS) is 28.4. The molecule has 1 saturated carbocycles. The van der Waals surface area contributed by atoms with Gasteiger partial charge in [0.05, 0.1) is 11.7 Å². The first kappa shape index (κ1) is 16.8. The van der Waals surface area contributed by atoms with E-state index in [1.165, 1.54) is 6.07 Å². The van der Waals surface area contributed by atoms with Gasteiger partial charge in [0.25, 0.3) is 0 Å². The molecule has 0 amide bonds. The van der Waals surface area contributed by atoms with Crippen molar-refractivity contribution < 1.29 is 18.3 Å². The second-order valence-electron chi connectivity index (χ2n) is 6.21. The van der Waals surface area contributed by atoms with Crippen molar-refractivity contribution in [3.05, 3.63) is 33.8 Å². The Kier molecular flexibility index (Phi) is 5.03. The van der Waals surface area contributed by atoms with Crippen LogP contribution in [0.5, 0.6) is 0 Å². The minimum Gasteiger partial charge on any atom is -0.388 e. The van der Waals surface area contributed by atoms with Crippen molar-refractivity contribution in [2.75, 3.05) is 0 Å². The summed E-state index contributed by atoms with van der Waals surface area (Å²) in [6.07, 6.45) is -2.49. The van der Waals surface area contributed by atoms with Crippen LogP contribution in [-0.2, 0) is 6.18 Å². The SMILES string of the molecule is CC1CCC(C(O)c2ccc(Br)c(C(F)(F)F)c2)CC1C. The molecule has 0 aliphatic heterocycles. The molecule has 1 aliphatic carbocycles. The van der Waals surface area contributed by atoms with E-state index < -0.39 is 17.8 Å². The molecule has 0 saturated heterocycles. The Morgan fingerprint density at radius 2 is 1.86 bits per heavy atom. The van der Waals surface area contributed by atoms with E-state index in [1.54, 1.807) is 6.07 Å². The number of hydrogen-bond donors (Lipinski definition) is 1. The van der Waals surface area contributed by atoms with Gasteiger partial charge in [-0.05, 0) is 48.3 Å². The summed E-state index contributed by atoms with van der Waals surface area (Å²) in [5.74, 6) is 1.15. The molecule has 4 unspecified atom stereocenters. The monoisotopic (exact) mass is 364 g/mol. The van der Waals surface area contributed by atoms with Gasteiger partial charge in [0.2, 0.25) is 0 Å². The zero-order chi connectivity index (χ0) is 15.8. The molecule has 0 spiro atoms. The van der Waals surface area contributed by atoms with Crippen LogP contribution in [-0.4, -0.2) is 5.11 Å². The standard InChI is InChI=1S/C16H20BrF3O/c1-9-3-4-11(7-10(9)2)15(21)12-5-6-14(17)13(8-12)16(18,19)20/h5-6,8-11,15,21H,3-4,7H2,1-2H3. The fraction of sp³-hybridized carbons (Fsp3) is 0.625. The number of alkyl halides is 3. The first-order valence-electron chi connectivity index (χ1n) is 7.25. The van der Waals surface area contributed by atoms with Crippen LogP contribution in [0, 0.1) is 17.8 Å². The molecule has 4 atom stereocenters. The Bertz CT molecular complexity index is 501. The summed E-state index contributed by atoms with van der Waals surface area (Å²) >= 11 is 2.93. The van der Waals surface area contributed by atoms with Gasteiger partial charge >= 0.3 is 6.18 Å². The molecule has 0 bridgehead atoms. The summed E-state index contributed by atoms with van der Waals surface area (Å²) in [6, 6.07) is 4.01. The predicted octanol–water partition coefficient (Wildman–Crippen LogP) is 5.57. The Hall–Kier alpha value is -0.550. The first-order chi connectivity index (χ1) is 9.70. The molecule has 21 heavy (non-hydrogen) atoms. The van der Waals surface area contributed by atoms with Crippen molar-refractivity contribution in [2.45, 2.75) is 45.4 Å². The van der Waals surface area contributed by atoms with Crippen molar-refractivity contribution in [3.63, 3.8) is 0 Å². The number of hydrogen-bond acceptors (Lipinski definition) is 1. The zero-order valence-electron chi connectivity index (χ0n) is 12.1. The fourth-order valence-electron chi connectivity index (χ4n) is 3.09.